The number of nitrogens with one attached hydrogen (secondary N) is 1. The van der Waals surface area contributed by atoms with Gasteiger partial charge in [0, 0.05) is 17.8 Å². The number of aryl methyl sites for hydroxylation is 1. The Labute approximate surface area is 107 Å². The molecule has 0 spiro atoms. The lowest BCUT2D eigenvalue weighted by atomic mass is 10.00. The normalized spacial score (nSPS) is 12.6. The Morgan fingerprint density at radius 1 is 1.44 bits per heavy atom. The lowest BCUT2D eigenvalue weighted by Crippen LogP contribution is -2.23. The molecule has 2 rings (SSSR count). The number of nitrogens with two attached hydrogens (primary N) is 1. The van der Waals surface area contributed by atoms with Crippen LogP contribution in [0, 0.1) is 6.92 Å². The average molecular weight is 245 g/mol. The van der Waals surface area contributed by atoms with Crippen LogP contribution in [0.4, 0.5) is 5.82 Å². The molecule has 4 heteroatoms. The van der Waals surface area contributed by atoms with Gasteiger partial charge in [-0.25, -0.2) is 4.98 Å². The number of likely N-dealkylation sites (N-methyl/N-ethyl adjacent to an activating group) is 1. The van der Waals surface area contributed by atoms with Crippen LogP contribution in [0.1, 0.15) is 29.9 Å². The van der Waals surface area contributed by atoms with E-state index in [2.05, 4.69) is 17.2 Å². The molecule has 0 amide bonds. The van der Waals surface area contributed by atoms with Crippen LogP contribution in [0.2, 0.25) is 0 Å². The van der Waals surface area contributed by atoms with E-state index >= 15 is 0 Å². The predicted molar refractivity (Wildman–Crippen MR) is 72.2 cm³/mol. The minimum atomic E-state index is 0.209. The van der Waals surface area contributed by atoms with E-state index in [-0.39, 0.29) is 6.04 Å². The van der Waals surface area contributed by atoms with Crippen molar-refractivity contribution in [2.45, 2.75) is 26.3 Å². The van der Waals surface area contributed by atoms with Gasteiger partial charge < -0.3 is 15.5 Å². The number of hydrogen-bond acceptors (Lipinski definition) is 4. The second kappa shape index (κ2) is 5.69. The monoisotopic (exact) mass is 245 g/mol. The van der Waals surface area contributed by atoms with Crippen LogP contribution < -0.4 is 11.1 Å². The van der Waals surface area contributed by atoms with Crippen molar-refractivity contribution in [3.8, 4) is 0 Å². The van der Waals surface area contributed by atoms with Gasteiger partial charge in [-0.3, -0.25) is 0 Å². The Hall–Kier alpha value is -1.81. The number of anilines is 1. The van der Waals surface area contributed by atoms with Crippen LogP contribution in [0.15, 0.2) is 35.1 Å². The molecule has 0 fully saturated rings. The topological polar surface area (TPSA) is 64.1 Å². The molecule has 0 aliphatic carbocycles. The molecule has 0 bridgehead atoms. The van der Waals surface area contributed by atoms with Crippen molar-refractivity contribution >= 4 is 5.82 Å². The summed E-state index contributed by atoms with van der Waals surface area (Å²) in [5, 5.41) is 3.46. The van der Waals surface area contributed by atoms with Gasteiger partial charge in [-0.05, 0) is 37.6 Å². The van der Waals surface area contributed by atoms with Crippen molar-refractivity contribution in [3.63, 3.8) is 0 Å². The van der Waals surface area contributed by atoms with E-state index in [1.807, 2.05) is 25.1 Å². The van der Waals surface area contributed by atoms with E-state index < -0.39 is 0 Å². The molecule has 3 N–H and O–H groups in total. The molecule has 0 saturated heterocycles. The van der Waals surface area contributed by atoms with Gasteiger partial charge in [0.05, 0.1) is 6.26 Å². The molecule has 2 heterocycles. The van der Waals surface area contributed by atoms with Gasteiger partial charge in [0.25, 0.3) is 0 Å². The van der Waals surface area contributed by atoms with Crippen molar-refractivity contribution in [2.24, 2.45) is 0 Å². The summed E-state index contributed by atoms with van der Waals surface area (Å²) in [5.74, 6) is 1.55. The summed E-state index contributed by atoms with van der Waals surface area (Å²) < 4.78 is 5.37. The lowest BCUT2D eigenvalue weighted by molar-refractivity contribution is 0.501. The summed E-state index contributed by atoms with van der Waals surface area (Å²) in [4.78, 5) is 4.12. The van der Waals surface area contributed by atoms with Gasteiger partial charge in [-0.1, -0.05) is 13.0 Å². The highest BCUT2D eigenvalue weighted by Crippen LogP contribution is 2.24. The quantitative estimate of drug-likeness (QED) is 0.849. The van der Waals surface area contributed by atoms with Gasteiger partial charge in [-0.15, -0.1) is 0 Å². The van der Waals surface area contributed by atoms with Crippen molar-refractivity contribution in [3.05, 3.63) is 47.5 Å². The fraction of sp³-hybridized carbons (Fsp3) is 0.357. The Morgan fingerprint density at radius 2 is 2.28 bits per heavy atom. The molecule has 0 aliphatic heterocycles. The molecular weight excluding hydrogens is 226 g/mol. The lowest BCUT2D eigenvalue weighted by Gasteiger charge is -2.18. The van der Waals surface area contributed by atoms with Crippen LogP contribution in [-0.4, -0.2) is 11.5 Å². The maximum absolute atomic E-state index is 5.89. The fourth-order valence-corrected chi connectivity index (χ4v) is 2.14. The minimum absolute atomic E-state index is 0.209. The summed E-state index contributed by atoms with van der Waals surface area (Å²) in [6, 6.07) is 6.15. The van der Waals surface area contributed by atoms with Gasteiger partial charge in [0.1, 0.15) is 11.6 Å². The standard InChI is InChI=1S/C14H19N3O/c1-3-16-13(12-6-8-18-10(12)2)9-11-5-4-7-17-14(11)15/h4-8,13,16H,3,9H2,1-2H3,(H2,15,17). The summed E-state index contributed by atoms with van der Waals surface area (Å²) in [6.45, 7) is 4.97. The van der Waals surface area contributed by atoms with Gasteiger partial charge in [0.15, 0.2) is 0 Å². The van der Waals surface area contributed by atoms with Crippen molar-refractivity contribution < 1.29 is 4.42 Å². The number of nitrogens with zero attached hydrogens (tertiary/aromatic N) is 1. The van der Waals surface area contributed by atoms with E-state index in [0.29, 0.717) is 5.82 Å². The number of nitrogen functional groups attached to an aromatic ring is 1. The maximum atomic E-state index is 5.89. The molecule has 0 radical (unpaired) electrons. The second-order valence-corrected chi connectivity index (χ2v) is 4.29. The van der Waals surface area contributed by atoms with Crippen molar-refractivity contribution in [2.75, 3.05) is 12.3 Å². The zero-order valence-electron chi connectivity index (χ0n) is 10.8. The van der Waals surface area contributed by atoms with E-state index in [9.17, 15) is 0 Å². The fourth-order valence-electron chi connectivity index (χ4n) is 2.14. The Bertz CT molecular complexity index is 507. The highest BCUT2D eigenvalue weighted by Gasteiger charge is 2.16. The molecule has 0 aromatic carbocycles. The van der Waals surface area contributed by atoms with Gasteiger partial charge in [-0.2, -0.15) is 0 Å². The SMILES string of the molecule is CCNC(Cc1cccnc1N)c1ccoc1C. The number of pyridine rings is 1. The van der Waals surface area contributed by atoms with Crippen molar-refractivity contribution in [1.82, 2.24) is 10.3 Å². The highest BCUT2D eigenvalue weighted by molar-refractivity contribution is 5.40. The van der Waals surface area contributed by atoms with E-state index in [0.717, 1.165) is 24.3 Å². The summed E-state index contributed by atoms with van der Waals surface area (Å²) in [5.41, 5.74) is 8.13. The van der Waals surface area contributed by atoms with Gasteiger partial charge in [0.2, 0.25) is 0 Å². The molecular formula is C14H19N3O. The zero-order valence-corrected chi connectivity index (χ0v) is 10.8. The summed E-state index contributed by atoms with van der Waals surface area (Å²) in [7, 11) is 0. The first-order valence-electron chi connectivity index (χ1n) is 6.19. The first-order chi connectivity index (χ1) is 8.72. The maximum Gasteiger partial charge on any atom is 0.126 e. The van der Waals surface area contributed by atoms with Crippen LogP contribution >= 0.6 is 0 Å². The Balaban J connectivity index is 2.22. The second-order valence-electron chi connectivity index (χ2n) is 4.29. The molecule has 1 atom stereocenters. The Kier molecular flexibility index (Phi) is 3.99. The molecule has 0 saturated carbocycles. The Morgan fingerprint density at radius 3 is 2.89 bits per heavy atom. The molecule has 1 unspecified atom stereocenters. The smallest absolute Gasteiger partial charge is 0.126 e. The first-order valence-corrected chi connectivity index (χ1v) is 6.19. The molecule has 2 aromatic heterocycles. The van der Waals surface area contributed by atoms with E-state index in [1.165, 1.54) is 5.56 Å². The molecule has 2 aromatic rings. The number of furan rings is 1. The third kappa shape index (κ3) is 2.71. The third-order valence-corrected chi connectivity index (χ3v) is 3.08. The predicted octanol–water partition coefficient (Wildman–Crippen LogP) is 2.46. The summed E-state index contributed by atoms with van der Waals surface area (Å²) >= 11 is 0. The highest BCUT2D eigenvalue weighted by atomic mass is 16.3. The van der Waals surface area contributed by atoms with Gasteiger partial charge >= 0.3 is 0 Å². The number of rotatable bonds is 5. The molecule has 0 aliphatic rings. The molecule has 96 valence electrons. The van der Waals surface area contributed by atoms with E-state index in [4.69, 9.17) is 10.2 Å². The van der Waals surface area contributed by atoms with Crippen LogP contribution in [0.25, 0.3) is 0 Å². The zero-order chi connectivity index (χ0) is 13.0. The molecule has 4 nitrogen and oxygen atoms in total. The van der Waals surface area contributed by atoms with Crippen LogP contribution in [-0.2, 0) is 6.42 Å². The van der Waals surface area contributed by atoms with Crippen LogP contribution in [0.5, 0.6) is 0 Å². The average Bonchev–Trinajstić information content (AvgIpc) is 2.78. The minimum Gasteiger partial charge on any atom is -0.469 e. The third-order valence-electron chi connectivity index (χ3n) is 3.08. The molecule has 18 heavy (non-hydrogen) atoms. The summed E-state index contributed by atoms with van der Waals surface area (Å²) in [6.07, 6.45) is 4.25. The number of hydrogen-bond donors (Lipinski definition) is 2. The van der Waals surface area contributed by atoms with Crippen molar-refractivity contribution in [1.29, 1.82) is 0 Å². The van der Waals surface area contributed by atoms with E-state index in [1.54, 1.807) is 12.5 Å². The number of aromatic nitrogens is 1. The van der Waals surface area contributed by atoms with Crippen LogP contribution in [0.3, 0.4) is 0 Å². The largest absolute Gasteiger partial charge is 0.469 e. The first kappa shape index (κ1) is 12.6.